The van der Waals surface area contributed by atoms with E-state index in [9.17, 15) is 9.59 Å². The van der Waals surface area contributed by atoms with Gasteiger partial charge in [-0.05, 0) is 76.2 Å². The number of carbonyl (C=O) groups excluding carboxylic acids is 2. The number of fused-ring (bicyclic) bond motifs is 1. The molecule has 0 amide bonds. The lowest BCUT2D eigenvalue weighted by Crippen LogP contribution is -2.48. The first-order valence-electron chi connectivity index (χ1n) is 15.7. The summed E-state index contributed by atoms with van der Waals surface area (Å²) in [7, 11) is -1.93. The second-order valence-electron chi connectivity index (χ2n) is 12.9. The summed E-state index contributed by atoms with van der Waals surface area (Å²) >= 11 is 1.60. The van der Waals surface area contributed by atoms with Gasteiger partial charge >= 0.3 is 5.97 Å². The van der Waals surface area contributed by atoms with E-state index < -0.39 is 25.8 Å². The molecule has 3 rings (SSSR count). The van der Waals surface area contributed by atoms with Crippen molar-refractivity contribution in [2.45, 2.75) is 124 Å². The van der Waals surface area contributed by atoms with Crippen LogP contribution in [0.2, 0.25) is 18.1 Å². The molecule has 41 heavy (non-hydrogen) atoms. The number of ketones is 1. The summed E-state index contributed by atoms with van der Waals surface area (Å²) in [5.74, 6) is 0.0975. The first-order chi connectivity index (χ1) is 19.3. The third-order valence-corrected chi connectivity index (χ3v) is 15.0. The third-order valence-electron chi connectivity index (χ3n) is 9.57. The van der Waals surface area contributed by atoms with E-state index in [0.717, 1.165) is 60.3 Å². The fourth-order valence-electron chi connectivity index (χ4n) is 6.35. The molecule has 8 heteroatoms. The number of allylic oxidation sites excluding steroid dienone is 1. The van der Waals surface area contributed by atoms with Crippen molar-refractivity contribution in [1.29, 1.82) is 0 Å². The summed E-state index contributed by atoms with van der Waals surface area (Å²) in [6, 6.07) is 3.16. The van der Waals surface area contributed by atoms with E-state index in [0.29, 0.717) is 12.3 Å². The van der Waals surface area contributed by atoms with Crippen LogP contribution in [0.1, 0.15) is 91.8 Å². The van der Waals surface area contributed by atoms with Crippen LogP contribution in [-0.2, 0) is 23.5 Å². The molecule has 1 aromatic rings. The van der Waals surface area contributed by atoms with Crippen molar-refractivity contribution in [1.82, 2.24) is 4.98 Å². The molecule has 0 saturated carbocycles. The van der Waals surface area contributed by atoms with Crippen LogP contribution in [-0.4, -0.2) is 50.0 Å². The average Bonchev–Trinajstić information content (AvgIpc) is 3.35. The number of ether oxygens (including phenoxy) is 2. The van der Waals surface area contributed by atoms with Crippen LogP contribution in [0.5, 0.6) is 0 Å². The number of carbonyl (C=O) groups is 2. The van der Waals surface area contributed by atoms with E-state index in [1.165, 1.54) is 6.08 Å². The zero-order valence-corrected chi connectivity index (χ0v) is 28.6. The standard InChI is InChI=1S/C33H53NO5SSi/c1-10-41(11-2,12-3)39-31-22(4)14-13-15-26-20-37-29(26)19-28(23(5)18-27-21-40-25(7)34-27)38-30(35)16-17-33(8,9)32(36)24(31)6/h16-18,21-22,24,26,28-29,31H,10-15,19-20H2,1-9H3/b17-16+,23-18?/t22-,24+,26+,28-,29-,31-/m0/s1. The summed E-state index contributed by atoms with van der Waals surface area (Å²) in [6.07, 6.45) is 8.43. The van der Waals surface area contributed by atoms with Gasteiger partial charge in [-0.3, -0.25) is 4.79 Å². The van der Waals surface area contributed by atoms with E-state index in [-0.39, 0.29) is 29.8 Å². The third kappa shape index (κ3) is 8.71. The molecule has 0 unspecified atom stereocenters. The highest BCUT2D eigenvalue weighted by atomic mass is 32.1. The number of nitrogens with zero attached hydrogens (tertiary/aromatic N) is 1. The molecule has 2 aliphatic heterocycles. The number of esters is 1. The van der Waals surface area contributed by atoms with Crippen molar-refractivity contribution in [3.05, 3.63) is 33.8 Å². The molecule has 0 radical (unpaired) electrons. The molecular formula is C33H53NO5SSi. The minimum absolute atomic E-state index is 0.0600. The molecule has 3 heterocycles. The van der Waals surface area contributed by atoms with Crippen LogP contribution in [0.4, 0.5) is 0 Å². The lowest BCUT2D eigenvalue weighted by molar-refractivity contribution is -0.153. The monoisotopic (exact) mass is 603 g/mol. The van der Waals surface area contributed by atoms with Gasteiger partial charge in [0.1, 0.15) is 11.9 Å². The Morgan fingerprint density at radius 3 is 2.41 bits per heavy atom. The van der Waals surface area contributed by atoms with E-state index in [2.05, 4.69) is 32.7 Å². The van der Waals surface area contributed by atoms with Gasteiger partial charge in [0.15, 0.2) is 8.32 Å². The smallest absolute Gasteiger partial charge is 0.331 e. The van der Waals surface area contributed by atoms with Gasteiger partial charge in [-0.15, -0.1) is 11.3 Å². The summed E-state index contributed by atoms with van der Waals surface area (Å²) < 4.78 is 19.1. The molecular weight excluding hydrogens is 551 g/mol. The van der Waals surface area contributed by atoms with Crippen LogP contribution >= 0.6 is 11.3 Å². The first-order valence-corrected chi connectivity index (χ1v) is 19.1. The van der Waals surface area contributed by atoms with Crippen molar-refractivity contribution in [3.8, 4) is 0 Å². The molecule has 230 valence electrons. The Bertz CT molecular complexity index is 1080. The molecule has 0 bridgehead atoms. The van der Waals surface area contributed by atoms with Crippen LogP contribution in [0, 0.1) is 30.1 Å². The first kappa shape index (κ1) is 33.9. The highest BCUT2D eigenvalue weighted by Gasteiger charge is 2.42. The van der Waals surface area contributed by atoms with E-state index >= 15 is 0 Å². The number of hydrogen-bond acceptors (Lipinski definition) is 7. The highest BCUT2D eigenvalue weighted by molar-refractivity contribution is 7.09. The Morgan fingerprint density at radius 1 is 1.17 bits per heavy atom. The Kier molecular flexibility index (Phi) is 12.2. The van der Waals surface area contributed by atoms with Crippen LogP contribution < -0.4 is 0 Å². The Hall–Kier alpha value is -1.61. The topological polar surface area (TPSA) is 74.7 Å². The molecule has 1 fully saturated rings. The normalized spacial score (nSPS) is 31.2. The van der Waals surface area contributed by atoms with Gasteiger partial charge in [-0.1, -0.05) is 47.1 Å². The molecule has 1 aromatic heterocycles. The molecule has 6 nitrogen and oxygen atoms in total. The number of rotatable bonds is 7. The largest absolute Gasteiger partial charge is 0.455 e. The van der Waals surface area contributed by atoms with Crippen molar-refractivity contribution < 1.29 is 23.5 Å². The van der Waals surface area contributed by atoms with Gasteiger partial charge < -0.3 is 13.9 Å². The number of Topliss-reactive ketones (excluding diaryl/α,β-unsaturated/α-hetero) is 1. The maximum Gasteiger partial charge on any atom is 0.331 e. The Balaban J connectivity index is 1.91. The Morgan fingerprint density at radius 2 is 1.85 bits per heavy atom. The molecule has 2 aliphatic rings. The minimum Gasteiger partial charge on any atom is -0.455 e. The van der Waals surface area contributed by atoms with Gasteiger partial charge in [-0.2, -0.15) is 0 Å². The van der Waals surface area contributed by atoms with Crippen LogP contribution in [0.25, 0.3) is 6.08 Å². The highest BCUT2D eigenvalue weighted by Crippen LogP contribution is 2.37. The number of hydrogen-bond donors (Lipinski definition) is 0. The molecule has 0 aromatic carbocycles. The minimum atomic E-state index is -1.93. The Labute approximate surface area is 253 Å². The maximum atomic E-state index is 14.0. The summed E-state index contributed by atoms with van der Waals surface area (Å²) in [5.41, 5.74) is 0.995. The average molecular weight is 604 g/mol. The molecule has 1 saturated heterocycles. The van der Waals surface area contributed by atoms with Crippen molar-refractivity contribution in [3.63, 3.8) is 0 Å². The fraction of sp³-hybridized carbons (Fsp3) is 0.727. The molecule has 0 spiro atoms. The van der Waals surface area contributed by atoms with Crippen LogP contribution in [0.3, 0.4) is 0 Å². The predicted molar refractivity (Wildman–Crippen MR) is 170 cm³/mol. The summed E-state index contributed by atoms with van der Waals surface area (Å²) in [6.45, 7) is 19.5. The summed E-state index contributed by atoms with van der Waals surface area (Å²) in [4.78, 5) is 31.6. The fourth-order valence-corrected chi connectivity index (χ4v) is 9.93. The number of cyclic esters (lactones) is 1. The van der Waals surface area contributed by atoms with Gasteiger partial charge in [-0.25, -0.2) is 9.78 Å². The van der Waals surface area contributed by atoms with E-state index in [1.54, 1.807) is 17.4 Å². The van der Waals surface area contributed by atoms with Gasteiger partial charge in [0.2, 0.25) is 0 Å². The van der Waals surface area contributed by atoms with Gasteiger partial charge in [0, 0.05) is 35.1 Å². The van der Waals surface area contributed by atoms with E-state index in [1.807, 2.05) is 46.1 Å². The lowest BCUT2D eigenvalue weighted by Gasteiger charge is -2.41. The molecule has 6 atom stereocenters. The van der Waals surface area contributed by atoms with Crippen molar-refractivity contribution >= 4 is 37.5 Å². The van der Waals surface area contributed by atoms with E-state index in [4.69, 9.17) is 13.9 Å². The SMILES string of the molecule is CC[Si](CC)(CC)O[C@H]1[C@@H](C)CCC[C@@H]2CO[C@H]2C[C@@H](C(C)=Cc2csc(C)n2)OC(=O)/C=C/C(C)(C)C(=O)[C@@H]1C. The summed E-state index contributed by atoms with van der Waals surface area (Å²) in [5, 5.41) is 3.01. The lowest BCUT2D eigenvalue weighted by atomic mass is 9.76. The zero-order valence-electron chi connectivity index (χ0n) is 26.8. The predicted octanol–water partition coefficient (Wildman–Crippen LogP) is 8.17. The van der Waals surface area contributed by atoms with Crippen molar-refractivity contribution in [2.75, 3.05) is 6.61 Å². The quantitative estimate of drug-likeness (QED) is 0.231. The second-order valence-corrected chi connectivity index (χ2v) is 18.7. The number of aryl methyl sites for hydroxylation is 1. The van der Waals surface area contributed by atoms with Crippen molar-refractivity contribution in [2.24, 2.45) is 23.2 Å². The molecule has 0 aliphatic carbocycles. The van der Waals surface area contributed by atoms with Gasteiger partial charge in [0.05, 0.1) is 29.5 Å². The van der Waals surface area contributed by atoms with Gasteiger partial charge in [0.25, 0.3) is 0 Å². The second kappa shape index (κ2) is 14.7. The van der Waals surface area contributed by atoms with Crippen LogP contribution in [0.15, 0.2) is 23.1 Å². The number of thiazole rings is 1. The number of aromatic nitrogens is 1. The maximum absolute atomic E-state index is 14.0. The molecule has 0 N–H and O–H groups in total. The zero-order chi connectivity index (χ0) is 30.4.